The highest BCUT2D eigenvalue weighted by Gasteiger charge is 2.25. The van der Waals surface area contributed by atoms with Crippen LogP contribution in [0.2, 0.25) is 5.02 Å². The number of hydrogen-bond acceptors (Lipinski definition) is 3. The number of morpholine rings is 1. The number of halogens is 2. The molecule has 0 bridgehead atoms. The molecule has 1 heterocycles. The summed E-state index contributed by atoms with van der Waals surface area (Å²) in [5.41, 5.74) is 7.42. The van der Waals surface area contributed by atoms with Gasteiger partial charge in [-0.3, -0.25) is 0 Å². The summed E-state index contributed by atoms with van der Waals surface area (Å²) in [4.78, 5) is 2.24. The Kier molecular flexibility index (Phi) is 3.85. The maximum Gasteiger partial charge on any atom is 0.0726 e. The molecule has 0 radical (unpaired) electrons. The number of nitrogens with zero attached hydrogens (tertiary/aromatic N) is 1. The van der Waals surface area contributed by atoms with Crippen molar-refractivity contribution in [2.24, 2.45) is 0 Å². The quantitative estimate of drug-likeness (QED) is 0.807. The molecule has 0 aromatic heterocycles. The zero-order valence-electron chi connectivity index (χ0n) is 9.91. The summed E-state index contributed by atoms with van der Waals surface area (Å²) in [6.45, 7) is 5.82. The van der Waals surface area contributed by atoms with Crippen LogP contribution >= 0.6 is 27.5 Å². The minimum absolute atomic E-state index is 0.208. The third kappa shape index (κ3) is 2.87. The van der Waals surface area contributed by atoms with Crippen LogP contribution in [-0.2, 0) is 4.74 Å². The highest BCUT2D eigenvalue weighted by Crippen LogP contribution is 2.37. The van der Waals surface area contributed by atoms with Crippen LogP contribution in [0.3, 0.4) is 0 Å². The van der Waals surface area contributed by atoms with Crippen molar-refractivity contribution in [1.29, 1.82) is 0 Å². The molecule has 17 heavy (non-hydrogen) atoms. The summed E-state index contributed by atoms with van der Waals surface area (Å²) < 4.78 is 6.65. The molecule has 1 fully saturated rings. The van der Waals surface area contributed by atoms with E-state index < -0.39 is 0 Å². The van der Waals surface area contributed by atoms with Gasteiger partial charge in [-0.1, -0.05) is 11.6 Å². The van der Waals surface area contributed by atoms with Crippen molar-refractivity contribution in [3.8, 4) is 0 Å². The number of nitrogen functional groups attached to an aromatic ring is 1. The zero-order chi connectivity index (χ0) is 12.6. The van der Waals surface area contributed by atoms with Gasteiger partial charge >= 0.3 is 0 Å². The van der Waals surface area contributed by atoms with E-state index >= 15 is 0 Å². The van der Waals surface area contributed by atoms with Crippen LogP contribution in [-0.4, -0.2) is 25.3 Å². The second-order valence-electron chi connectivity index (χ2n) is 4.50. The Morgan fingerprint density at radius 2 is 1.94 bits per heavy atom. The number of ether oxygens (including phenoxy) is 1. The first-order chi connectivity index (χ1) is 7.97. The Hall–Kier alpha value is -0.450. The Bertz CT molecular complexity index is 394. The third-order valence-electron chi connectivity index (χ3n) is 2.78. The van der Waals surface area contributed by atoms with Crippen molar-refractivity contribution in [2.45, 2.75) is 26.1 Å². The number of rotatable bonds is 1. The fourth-order valence-corrected chi connectivity index (χ4v) is 3.44. The fourth-order valence-electron chi connectivity index (χ4n) is 2.25. The first-order valence-electron chi connectivity index (χ1n) is 5.62. The molecule has 0 aliphatic carbocycles. The van der Waals surface area contributed by atoms with Gasteiger partial charge in [0.05, 0.1) is 22.9 Å². The standard InChI is InChI=1S/C12H16BrClN2O/c1-7-5-16(6-8(2)17-7)12-10(13)3-9(15)4-11(12)14/h3-4,7-8H,5-6,15H2,1-2H3. The highest BCUT2D eigenvalue weighted by molar-refractivity contribution is 9.10. The molecule has 2 atom stereocenters. The normalized spacial score (nSPS) is 25.1. The average Bonchev–Trinajstić information content (AvgIpc) is 2.13. The maximum atomic E-state index is 6.27. The van der Waals surface area contributed by atoms with E-state index in [-0.39, 0.29) is 12.2 Å². The molecule has 0 saturated carbocycles. The lowest BCUT2D eigenvalue weighted by Gasteiger charge is -2.37. The molecule has 5 heteroatoms. The van der Waals surface area contributed by atoms with E-state index in [1.54, 1.807) is 6.07 Å². The van der Waals surface area contributed by atoms with Crippen LogP contribution in [0.15, 0.2) is 16.6 Å². The van der Waals surface area contributed by atoms with E-state index in [1.165, 1.54) is 0 Å². The first kappa shape index (κ1) is 13.0. The number of nitrogens with two attached hydrogens (primary N) is 1. The van der Waals surface area contributed by atoms with Crippen LogP contribution in [0.5, 0.6) is 0 Å². The van der Waals surface area contributed by atoms with E-state index in [0.29, 0.717) is 10.7 Å². The predicted octanol–water partition coefficient (Wildman–Crippen LogP) is 3.30. The van der Waals surface area contributed by atoms with Gasteiger partial charge in [0.15, 0.2) is 0 Å². The van der Waals surface area contributed by atoms with Crippen LogP contribution in [0, 0.1) is 0 Å². The maximum absolute atomic E-state index is 6.27. The monoisotopic (exact) mass is 318 g/mol. The number of anilines is 2. The van der Waals surface area contributed by atoms with Crippen LogP contribution < -0.4 is 10.6 Å². The molecule has 0 amide bonds. The van der Waals surface area contributed by atoms with Crippen molar-refractivity contribution in [1.82, 2.24) is 0 Å². The summed E-state index contributed by atoms with van der Waals surface area (Å²) in [6, 6.07) is 3.67. The van der Waals surface area contributed by atoms with Crippen LogP contribution in [0.4, 0.5) is 11.4 Å². The number of hydrogen-bond donors (Lipinski definition) is 1. The topological polar surface area (TPSA) is 38.5 Å². The van der Waals surface area contributed by atoms with Gasteiger partial charge in [0.2, 0.25) is 0 Å². The van der Waals surface area contributed by atoms with Crippen LogP contribution in [0.25, 0.3) is 0 Å². The average molecular weight is 320 g/mol. The third-order valence-corrected chi connectivity index (χ3v) is 3.67. The van der Waals surface area contributed by atoms with E-state index in [0.717, 1.165) is 23.2 Å². The molecule has 3 nitrogen and oxygen atoms in total. The SMILES string of the molecule is CC1CN(c2c(Cl)cc(N)cc2Br)CC(C)O1. The largest absolute Gasteiger partial charge is 0.399 e. The van der Waals surface area contributed by atoms with Gasteiger partial charge in [-0.15, -0.1) is 0 Å². The van der Waals surface area contributed by atoms with Crippen molar-refractivity contribution in [3.63, 3.8) is 0 Å². The molecule has 1 aromatic carbocycles. The molecule has 1 aromatic rings. The van der Waals surface area contributed by atoms with Crippen molar-refractivity contribution < 1.29 is 4.74 Å². The Morgan fingerprint density at radius 1 is 1.35 bits per heavy atom. The molecule has 2 rings (SSSR count). The lowest BCUT2D eigenvalue weighted by molar-refractivity contribution is -0.00524. The highest BCUT2D eigenvalue weighted by atomic mass is 79.9. The molecule has 94 valence electrons. The Labute approximate surface area is 115 Å². The molecule has 2 N–H and O–H groups in total. The molecule has 2 unspecified atom stereocenters. The fraction of sp³-hybridized carbons (Fsp3) is 0.500. The van der Waals surface area contributed by atoms with Crippen molar-refractivity contribution in [2.75, 3.05) is 23.7 Å². The van der Waals surface area contributed by atoms with Gasteiger partial charge in [-0.2, -0.15) is 0 Å². The predicted molar refractivity (Wildman–Crippen MR) is 75.8 cm³/mol. The molecular formula is C12H16BrClN2O. The summed E-state index contributed by atoms with van der Waals surface area (Å²) in [5.74, 6) is 0. The summed E-state index contributed by atoms with van der Waals surface area (Å²) in [6.07, 6.45) is 0.415. The van der Waals surface area contributed by atoms with Gasteiger partial charge in [0.1, 0.15) is 0 Å². The van der Waals surface area contributed by atoms with Gasteiger partial charge in [-0.25, -0.2) is 0 Å². The van der Waals surface area contributed by atoms with Gasteiger partial charge < -0.3 is 15.4 Å². The smallest absolute Gasteiger partial charge is 0.0726 e. The summed E-state index contributed by atoms with van der Waals surface area (Å²) >= 11 is 9.80. The molecular weight excluding hydrogens is 304 g/mol. The summed E-state index contributed by atoms with van der Waals surface area (Å²) in [7, 11) is 0. The van der Waals surface area contributed by atoms with Gasteiger partial charge in [0, 0.05) is 23.2 Å². The van der Waals surface area contributed by atoms with Crippen molar-refractivity contribution >= 4 is 38.9 Å². The van der Waals surface area contributed by atoms with Gasteiger partial charge in [-0.05, 0) is 41.9 Å². The molecule has 1 aliphatic heterocycles. The van der Waals surface area contributed by atoms with E-state index in [1.807, 2.05) is 6.07 Å². The van der Waals surface area contributed by atoms with Crippen LogP contribution in [0.1, 0.15) is 13.8 Å². The summed E-state index contributed by atoms with van der Waals surface area (Å²) in [5, 5.41) is 0.679. The Balaban J connectivity index is 2.33. The minimum atomic E-state index is 0.208. The van der Waals surface area contributed by atoms with E-state index in [4.69, 9.17) is 22.1 Å². The molecule has 1 aliphatic rings. The Morgan fingerprint density at radius 3 is 2.47 bits per heavy atom. The lowest BCUT2D eigenvalue weighted by atomic mass is 10.2. The minimum Gasteiger partial charge on any atom is -0.399 e. The second-order valence-corrected chi connectivity index (χ2v) is 5.76. The number of benzene rings is 1. The molecule has 1 saturated heterocycles. The zero-order valence-corrected chi connectivity index (χ0v) is 12.3. The lowest BCUT2D eigenvalue weighted by Crippen LogP contribution is -2.45. The van der Waals surface area contributed by atoms with Gasteiger partial charge in [0.25, 0.3) is 0 Å². The van der Waals surface area contributed by atoms with E-state index in [2.05, 4.69) is 34.7 Å². The second kappa shape index (κ2) is 5.04. The van der Waals surface area contributed by atoms with Crippen molar-refractivity contribution in [3.05, 3.63) is 21.6 Å². The first-order valence-corrected chi connectivity index (χ1v) is 6.79. The molecule has 0 spiro atoms. The van der Waals surface area contributed by atoms with E-state index in [9.17, 15) is 0 Å².